The van der Waals surface area contributed by atoms with E-state index in [4.69, 9.17) is 4.98 Å². The minimum atomic E-state index is -0.184. The van der Waals surface area contributed by atoms with E-state index in [0.29, 0.717) is 36.2 Å². The van der Waals surface area contributed by atoms with Crippen LogP contribution in [-0.4, -0.2) is 53.0 Å². The van der Waals surface area contributed by atoms with Gasteiger partial charge in [0, 0.05) is 55.4 Å². The van der Waals surface area contributed by atoms with Gasteiger partial charge in [-0.3, -0.25) is 9.58 Å². The number of pyridine rings is 1. The fourth-order valence-corrected chi connectivity index (χ4v) is 5.52. The van der Waals surface area contributed by atoms with Crippen molar-refractivity contribution in [2.24, 2.45) is 7.05 Å². The Labute approximate surface area is 266 Å². The topological polar surface area (TPSA) is 162 Å². The first-order chi connectivity index (χ1) is 22.6. The Morgan fingerprint density at radius 2 is 1.83 bits per heavy atom. The standard InChI is InChI=1S/C33H34N12O/c1-44-22-26(20-40-44)24-9-14-30(35-18-24)45(33(46)38-17-23-6-3-2-4-7-23)29-12-10-27(11-13-29)41-32-37-19-25(16-34)31(42-32)36-21-28-8-5-15-39-43-28/h2-9,14-15,18-20,22,27,29H,10-13,17,21H2,1H3,(H,38,46)(H2,36,37,41,42). The molecule has 6 rings (SSSR count). The van der Waals surface area contributed by atoms with Gasteiger partial charge in [0.15, 0.2) is 0 Å². The maximum absolute atomic E-state index is 13.7. The zero-order valence-electron chi connectivity index (χ0n) is 25.4. The van der Waals surface area contributed by atoms with Crippen molar-refractivity contribution in [3.05, 3.63) is 102 Å². The van der Waals surface area contributed by atoms with Gasteiger partial charge in [0.1, 0.15) is 23.3 Å². The van der Waals surface area contributed by atoms with Gasteiger partial charge in [0.2, 0.25) is 5.95 Å². The van der Waals surface area contributed by atoms with Gasteiger partial charge in [-0.15, -0.1) is 0 Å². The molecule has 3 N–H and O–H groups in total. The highest BCUT2D eigenvalue weighted by Gasteiger charge is 2.31. The molecule has 1 aliphatic carbocycles. The second kappa shape index (κ2) is 14.3. The van der Waals surface area contributed by atoms with Crippen molar-refractivity contribution < 1.29 is 4.79 Å². The number of aryl methyl sites for hydroxylation is 1. The number of nitriles is 1. The van der Waals surface area contributed by atoms with Crippen LogP contribution in [0.1, 0.15) is 42.5 Å². The highest BCUT2D eigenvalue weighted by molar-refractivity contribution is 5.91. The van der Waals surface area contributed by atoms with Gasteiger partial charge < -0.3 is 16.0 Å². The van der Waals surface area contributed by atoms with Crippen LogP contribution in [0, 0.1) is 11.3 Å². The normalized spacial score (nSPS) is 15.8. The third-order valence-corrected chi connectivity index (χ3v) is 7.91. The molecule has 0 atom stereocenters. The number of nitrogens with zero attached hydrogens (tertiary/aromatic N) is 9. The molecular weight excluding hydrogens is 580 g/mol. The van der Waals surface area contributed by atoms with E-state index in [1.165, 1.54) is 6.20 Å². The maximum atomic E-state index is 13.7. The third kappa shape index (κ3) is 7.41. The summed E-state index contributed by atoms with van der Waals surface area (Å²) in [5, 5.41) is 31.5. The molecule has 13 heteroatoms. The minimum absolute atomic E-state index is 0.0448. The Morgan fingerprint density at radius 3 is 2.52 bits per heavy atom. The zero-order valence-corrected chi connectivity index (χ0v) is 25.4. The van der Waals surface area contributed by atoms with E-state index in [9.17, 15) is 10.1 Å². The molecule has 46 heavy (non-hydrogen) atoms. The van der Waals surface area contributed by atoms with Crippen LogP contribution in [0.25, 0.3) is 11.1 Å². The van der Waals surface area contributed by atoms with Gasteiger partial charge in [0.05, 0.1) is 24.6 Å². The molecule has 0 spiro atoms. The summed E-state index contributed by atoms with van der Waals surface area (Å²) < 4.78 is 1.75. The average molecular weight is 615 g/mol. The molecule has 0 radical (unpaired) electrons. The number of nitrogens with one attached hydrogen (secondary N) is 3. The molecule has 13 nitrogen and oxygen atoms in total. The van der Waals surface area contributed by atoms with Crippen molar-refractivity contribution >= 4 is 23.6 Å². The minimum Gasteiger partial charge on any atom is -0.363 e. The molecule has 0 saturated heterocycles. The highest BCUT2D eigenvalue weighted by atomic mass is 16.2. The fraction of sp³-hybridized carbons (Fsp3) is 0.273. The number of amides is 2. The summed E-state index contributed by atoms with van der Waals surface area (Å²) in [6.07, 6.45) is 11.8. The molecule has 1 aromatic carbocycles. The first-order valence-corrected chi connectivity index (χ1v) is 15.2. The van der Waals surface area contributed by atoms with Gasteiger partial charge in [-0.1, -0.05) is 30.3 Å². The van der Waals surface area contributed by atoms with Crippen LogP contribution in [0.15, 0.2) is 85.6 Å². The summed E-state index contributed by atoms with van der Waals surface area (Å²) in [5.41, 5.74) is 4.00. The second-order valence-corrected chi connectivity index (χ2v) is 11.1. The second-order valence-electron chi connectivity index (χ2n) is 11.1. The molecule has 0 bridgehead atoms. The number of benzene rings is 1. The number of urea groups is 1. The molecule has 232 valence electrons. The Morgan fingerprint density at radius 1 is 0.978 bits per heavy atom. The fourth-order valence-electron chi connectivity index (χ4n) is 5.52. The van der Waals surface area contributed by atoms with Crippen LogP contribution in [0.5, 0.6) is 0 Å². The van der Waals surface area contributed by atoms with E-state index >= 15 is 0 Å². The SMILES string of the molecule is Cn1cc(-c2ccc(N(C(=O)NCc3ccccc3)C3CCC(Nc4ncc(C#N)c(NCc5cccnn5)n4)CC3)nc2)cn1. The van der Waals surface area contributed by atoms with Crippen LogP contribution in [0.2, 0.25) is 0 Å². The molecule has 2 amide bonds. The summed E-state index contributed by atoms with van der Waals surface area (Å²) in [6.45, 7) is 0.799. The van der Waals surface area contributed by atoms with E-state index < -0.39 is 0 Å². The van der Waals surface area contributed by atoms with E-state index in [-0.39, 0.29) is 18.1 Å². The van der Waals surface area contributed by atoms with Gasteiger partial charge in [0.25, 0.3) is 0 Å². The smallest absolute Gasteiger partial charge is 0.323 e. The lowest BCUT2D eigenvalue weighted by atomic mass is 9.90. The van der Waals surface area contributed by atoms with E-state index in [2.05, 4.69) is 47.3 Å². The largest absolute Gasteiger partial charge is 0.363 e. The van der Waals surface area contributed by atoms with Crippen molar-refractivity contribution in [2.45, 2.75) is 50.9 Å². The molecule has 1 saturated carbocycles. The lowest BCUT2D eigenvalue weighted by Crippen LogP contribution is -2.49. The number of rotatable bonds is 10. The van der Waals surface area contributed by atoms with Crippen molar-refractivity contribution in [3.8, 4) is 17.2 Å². The first kappa shape index (κ1) is 30.1. The summed E-state index contributed by atoms with van der Waals surface area (Å²) >= 11 is 0. The van der Waals surface area contributed by atoms with Crippen LogP contribution in [0.4, 0.5) is 22.4 Å². The summed E-state index contributed by atoms with van der Waals surface area (Å²) in [6, 6.07) is 19.4. The van der Waals surface area contributed by atoms with Crippen molar-refractivity contribution in [1.29, 1.82) is 5.26 Å². The van der Waals surface area contributed by atoms with Crippen molar-refractivity contribution in [3.63, 3.8) is 0 Å². The number of hydrogen-bond acceptors (Lipinski definition) is 10. The molecular formula is C33H34N12O. The highest BCUT2D eigenvalue weighted by Crippen LogP contribution is 2.30. The van der Waals surface area contributed by atoms with Crippen LogP contribution < -0.4 is 20.9 Å². The van der Waals surface area contributed by atoms with Crippen molar-refractivity contribution in [1.82, 2.24) is 40.2 Å². The molecule has 1 fully saturated rings. The molecule has 1 aliphatic rings. The molecule has 4 heterocycles. The molecule has 4 aromatic heterocycles. The quantitative estimate of drug-likeness (QED) is 0.201. The Kier molecular flexibility index (Phi) is 9.34. The van der Waals surface area contributed by atoms with Gasteiger partial charge in [-0.05, 0) is 55.5 Å². The number of carbonyl (C=O) groups excluding carboxylic acids is 1. The zero-order chi connectivity index (χ0) is 31.7. The Hall–Kier alpha value is -5.90. The van der Waals surface area contributed by atoms with E-state index in [0.717, 1.165) is 48.1 Å². The average Bonchev–Trinajstić information content (AvgIpc) is 3.54. The van der Waals surface area contributed by atoms with Gasteiger partial charge in [-0.2, -0.15) is 25.5 Å². The Bertz CT molecular complexity index is 1780. The van der Waals surface area contributed by atoms with E-state index in [1.807, 2.05) is 61.8 Å². The third-order valence-electron chi connectivity index (χ3n) is 7.91. The number of hydrogen-bond donors (Lipinski definition) is 3. The van der Waals surface area contributed by atoms with Crippen molar-refractivity contribution in [2.75, 3.05) is 15.5 Å². The predicted molar refractivity (Wildman–Crippen MR) is 173 cm³/mol. The van der Waals surface area contributed by atoms with Gasteiger partial charge in [-0.25, -0.2) is 14.8 Å². The lowest BCUT2D eigenvalue weighted by molar-refractivity contribution is 0.240. The van der Waals surface area contributed by atoms with E-state index in [1.54, 1.807) is 34.2 Å². The number of anilines is 3. The molecule has 0 unspecified atom stereocenters. The monoisotopic (exact) mass is 614 g/mol. The molecule has 0 aliphatic heterocycles. The number of carbonyl (C=O) groups is 1. The Balaban J connectivity index is 1.13. The predicted octanol–water partition coefficient (Wildman–Crippen LogP) is 4.69. The summed E-state index contributed by atoms with van der Waals surface area (Å²) in [5.74, 6) is 1.47. The van der Waals surface area contributed by atoms with Crippen LogP contribution >= 0.6 is 0 Å². The van der Waals surface area contributed by atoms with Crippen LogP contribution in [0.3, 0.4) is 0 Å². The molecule has 5 aromatic rings. The lowest BCUT2D eigenvalue weighted by Gasteiger charge is -2.36. The maximum Gasteiger partial charge on any atom is 0.323 e. The van der Waals surface area contributed by atoms with Crippen LogP contribution in [-0.2, 0) is 20.1 Å². The van der Waals surface area contributed by atoms with Gasteiger partial charge >= 0.3 is 6.03 Å². The summed E-state index contributed by atoms with van der Waals surface area (Å²) in [4.78, 5) is 29.2. The number of aromatic nitrogens is 7. The summed E-state index contributed by atoms with van der Waals surface area (Å²) in [7, 11) is 1.88. The first-order valence-electron chi connectivity index (χ1n) is 15.2.